The number of halogens is 1. The molecule has 100 valence electrons. The number of benzene rings is 1. The molecule has 0 saturated heterocycles. The van der Waals surface area contributed by atoms with Crippen molar-refractivity contribution in [2.75, 3.05) is 17.7 Å². The summed E-state index contributed by atoms with van der Waals surface area (Å²) in [7, 11) is 1.85. The minimum atomic E-state index is -1.02. The fraction of sp³-hybridized carbons (Fsp3) is 0.462. The number of nitrogens with two attached hydrogens (primary N) is 1. The van der Waals surface area contributed by atoms with Gasteiger partial charge in [-0.25, -0.2) is 4.79 Å². The van der Waals surface area contributed by atoms with Crippen LogP contribution in [-0.4, -0.2) is 24.2 Å². The Morgan fingerprint density at radius 1 is 1.56 bits per heavy atom. The van der Waals surface area contributed by atoms with Crippen molar-refractivity contribution in [3.63, 3.8) is 0 Å². The topological polar surface area (TPSA) is 66.6 Å². The van der Waals surface area contributed by atoms with Crippen LogP contribution in [0.3, 0.4) is 0 Å². The van der Waals surface area contributed by atoms with Crippen LogP contribution in [0.15, 0.2) is 12.1 Å². The number of nitrogens with zero attached hydrogens (tertiary/aromatic N) is 1. The van der Waals surface area contributed by atoms with Crippen molar-refractivity contribution in [3.8, 4) is 0 Å². The van der Waals surface area contributed by atoms with E-state index in [0.717, 1.165) is 12.8 Å². The molecule has 1 unspecified atom stereocenters. The van der Waals surface area contributed by atoms with Crippen molar-refractivity contribution in [2.24, 2.45) is 0 Å². The Bertz CT molecular complexity index is 449. The van der Waals surface area contributed by atoms with Gasteiger partial charge >= 0.3 is 5.97 Å². The molecule has 18 heavy (non-hydrogen) atoms. The lowest BCUT2D eigenvalue weighted by molar-refractivity contribution is 0.0697. The molecule has 1 aromatic rings. The van der Waals surface area contributed by atoms with Gasteiger partial charge in [0.2, 0.25) is 0 Å². The van der Waals surface area contributed by atoms with Gasteiger partial charge in [0.05, 0.1) is 16.3 Å². The van der Waals surface area contributed by atoms with Gasteiger partial charge in [-0.2, -0.15) is 0 Å². The standard InChI is InChI=1S/C13H19ClN2O2/c1-4-5-8(2)16(3)12-10(13(17)18)6-9(15)7-11(12)14/h6-8H,4-5,15H2,1-3H3,(H,17,18). The molecule has 0 aromatic heterocycles. The highest BCUT2D eigenvalue weighted by Gasteiger charge is 2.20. The van der Waals surface area contributed by atoms with E-state index in [9.17, 15) is 9.90 Å². The molecule has 0 bridgehead atoms. The van der Waals surface area contributed by atoms with Crippen LogP contribution in [0.25, 0.3) is 0 Å². The third-order valence-electron chi connectivity index (χ3n) is 3.04. The highest BCUT2D eigenvalue weighted by molar-refractivity contribution is 6.34. The molecule has 0 aliphatic heterocycles. The molecule has 3 N–H and O–H groups in total. The zero-order chi connectivity index (χ0) is 13.9. The first-order chi connectivity index (χ1) is 8.38. The Balaban J connectivity index is 3.25. The molecule has 5 heteroatoms. The normalized spacial score (nSPS) is 12.2. The highest BCUT2D eigenvalue weighted by atomic mass is 35.5. The zero-order valence-corrected chi connectivity index (χ0v) is 11.7. The Labute approximate surface area is 112 Å². The van der Waals surface area contributed by atoms with Gasteiger partial charge in [0.15, 0.2) is 0 Å². The summed E-state index contributed by atoms with van der Waals surface area (Å²) < 4.78 is 0. The van der Waals surface area contributed by atoms with Gasteiger partial charge in [-0.3, -0.25) is 0 Å². The average molecular weight is 271 g/mol. The van der Waals surface area contributed by atoms with E-state index < -0.39 is 5.97 Å². The van der Waals surface area contributed by atoms with E-state index in [2.05, 4.69) is 6.92 Å². The van der Waals surface area contributed by atoms with E-state index in [-0.39, 0.29) is 11.6 Å². The largest absolute Gasteiger partial charge is 0.478 e. The van der Waals surface area contributed by atoms with Crippen molar-refractivity contribution >= 4 is 28.9 Å². The maximum atomic E-state index is 11.3. The summed E-state index contributed by atoms with van der Waals surface area (Å²) >= 11 is 6.13. The summed E-state index contributed by atoms with van der Waals surface area (Å²) in [5, 5.41) is 9.61. The number of nitrogen functional groups attached to an aromatic ring is 1. The van der Waals surface area contributed by atoms with Gasteiger partial charge < -0.3 is 15.7 Å². The van der Waals surface area contributed by atoms with Gasteiger partial charge in [0.1, 0.15) is 0 Å². The molecular formula is C13H19ClN2O2. The maximum Gasteiger partial charge on any atom is 0.337 e. The van der Waals surface area contributed by atoms with Gasteiger partial charge in [-0.1, -0.05) is 24.9 Å². The second-order valence-corrected chi connectivity index (χ2v) is 4.86. The zero-order valence-electron chi connectivity index (χ0n) is 10.9. The highest BCUT2D eigenvalue weighted by Crippen LogP contribution is 2.33. The molecule has 0 fully saturated rings. The van der Waals surface area contributed by atoms with Crippen LogP contribution in [0.4, 0.5) is 11.4 Å². The summed E-state index contributed by atoms with van der Waals surface area (Å²) in [5.74, 6) is -1.02. The maximum absolute atomic E-state index is 11.3. The smallest absolute Gasteiger partial charge is 0.337 e. The molecule has 0 amide bonds. The Morgan fingerprint density at radius 3 is 2.67 bits per heavy atom. The lowest BCUT2D eigenvalue weighted by Gasteiger charge is -2.29. The first-order valence-corrected chi connectivity index (χ1v) is 6.31. The number of anilines is 2. The van der Waals surface area contributed by atoms with Crippen LogP contribution >= 0.6 is 11.6 Å². The van der Waals surface area contributed by atoms with Crippen LogP contribution in [-0.2, 0) is 0 Å². The molecule has 4 nitrogen and oxygen atoms in total. The quantitative estimate of drug-likeness (QED) is 0.806. The Morgan fingerprint density at radius 2 is 2.17 bits per heavy atom. The van der Waals surface area contributed by atoms with E-state index in [0.29, 0.717) is 16.4 Å². The van der Waals surface area contributed by atoms with Crippen molar-refractivity contribution in [3.05, 3.63) is 22.7 Å². The average Bonchev–Trinajstić information content (AvgIpc) is 2.27. The van der Waals surface area contributed by atoms with Crippen LogP contribution in [0.1, 0.15) is 37.0 Å². The van der Waals surface area contributed by atoms with Crippen LogP contribution in [0.2, 0.25) is 5.02 Å². The van der Waals surface area contributed by atoms with Gasteiger partial charge in [0, 0.05) is 18.8 Å². The van der Waals surface area contributed by atoms with E-state index in [1.165, 1.54) is 6.07 Å². The first kappa shape index (κ1) is 14.6. The molecule has 0 aliphatic rings. The third kappa shape index (κ3) is 3.07. The van der Waals surface area contributed by atoms with Crippen molar-refractivity contribution in [1.29, 1.82) is 0 Å². The minimum absolute atomic E-state index is 0.144. The third-order valence-corrected chi connectivity index (χ3v) is 3.32. The van der Waals surface area contributed by atoms with E-state index >= 15 is 0 Å². The molecule has 1 atom stereocenters. The number of aromatic carboxylic acids is 1. The fourth-order valence-electron chi connectivity index (χ4n) is 1.97. The predicted molar refractivity (Wildman–Crippen MR) is 75.6 cm³/mol. The van der Waals surface area contributed by atoms with Gasteiger partial charge in [-0.05, 0) is 25.5 Å². The van der Waals surface area contributed by atoms with Gasteiger partial charge in [-0.15, -0.1) is 0 Å². The summed E-state index contributed by atoms with van der Waals surface area (Å²) in [6.45, 7) is 4.13. The first-order valence-electron chi connectivity index (χ1n) is 5.93. The summed E-state index contributed by atoms with van der Waals surface area (Å²) in [5.41, 5.74) is 6.66. The van der Waals surface area contributed by atoms with Gasteiger partial charge in [0.25, 0.3) is 0 Å². The molecule has 0 radical (unpaired) electrons. The number of hydrogen-bond donors (Lipinski definition) is 2. The summed E-state index contributed by atoms with van der Waals surface area (Å²) in [4.78, 5) is 13.2. The van der Waals surface area contributed by atoms with Crippen molar-refractivity contribution in [2.45, 2.75) is 32.7 Å². The number of carboxylic acid groups (broad SMARTS) is 1. The number of carboxylic acids is 1. The molecule has 1 aromatic carbocycles. The molecular weight excluding hydrogens is 252 g/mol. The SMILES string of the molecule is CCCC(C)N(C)c1c(Cl)cc(N)cc1C(=O)O. The van der Waals surface area contributed by atoms with Crippen molar-refractivity contribution in [1.82, 2.24) is 0 Å². The Hall–Kier alpha value is -1.42. The second kappa shape index (κ2) is 5.96. The fourth-order valence-corrected chi connectivity index (χ4v) is 2.33. The van der Waals surface area contributed by atoms with Crippen LogP contribution in [0, 0.1) is 0 Å². The summed E-state index contributed by atoms with van der Waals surface area (Å²) in [6, 6.07) is 3.24. The van der Waals surface area contributed by atoms with E-state index in [1.54, 1.807) is 6.07 Å². The molecule has 0 aliphatic carbocycles. The Kier molecular flexibility index (Phi) is 4.84. The molecule has 0 saturated carbocycles. The van der Waals surface area contributed by atoms with E-state index in [4.69, 9.17) is 17.3 Å². The molecule has 0 heterocycles. The van der Waals surface area contributed by atoms with Crippen molar-refractivity contribution < 1.29 is 9.90 Å². The second-order valence-electron chi connectivity index (χ2n) is 4.45. The monoisotopic (exact) mass is 270 g/mol. The van der Waals surface area contributed by atoms with Crippen LogP contribution in [0.5, 0.6) is 0 Å². The number of carbonyl (C=O) groups is 1. The molecule has 1 rings (SSSR count). The predicted octanol–water partition coefficient (Wildman–Crippen LogP) is 3.25. The number of rotatable bonds is 5. The number of hydrogen-bond acceptors (Lipinski definition) is 3. The minimum Gasteiger partial charge on any atom is -0.478 e. The van der Waals surface area contributed by atoms with Crippen LogP contribution < -0.4 is 10.6 Å². The molecule has 0 spiro atoms. The van der Waals surface area contributed by atoms with E-state index in [1.807, 2.05) is 18.9 Å². The lowest BCUT2D eigenvalue weighted by atomic mass is 10.1. The summed E-state index contributed by atoms with van der Waals surface area (Å²) in [6.07, 6.45) is 2.00. The lowest BCUT2D eigenvalue weighted by Crippen LogP contribution is -2.30.